The molecule has 2 amide bonds. The Bertz CT molecular complexity index is 1320. The Hall–Kier alpha value is -3.72. The number of nitrogens with zero attached hydrogens (tertiary/aromatic N) is 2. The number of anilines is 1. The molecule has 170 valence electrons. The highest BCUT2D eigenvalue weighted by Crippen LogP contribution is 2.33. The SMILES string of the molecule is CCNC(=O)COc1ccc(NC(=O)c2cc(-c3cc(C)sc3C)nc3onc(C)c23)cc1. The number of thiophene rings is 1. The fraction of sp³-hybridized carbons (Fsp3) is 0.250. The van der Waals surface area contributed by atoms with Crippen molar-refractivity contribution >= 4 is 39.9 Å². The molecule has 0 saturated carbocycles. The molecule has 0 spiro atoms. The Balaban J connectivity index is 1.58. The number of fused-ring (bicyclic) bond motifs is 1. The van der Waals surface area contributed by atoms with E-state index < -0.39 is 0 Å². The van der Waals surface area contributed by atoms with Crippen LogP contribution in [-0.4, -0.2) is 35.1 Å². The largest absolute Gasteiger partial charge is 0.484 e. The maximum absolute atomic E-state index is 13.2. The van der Waals surface area contributed by atoms with Crippen LogP contribution < -0.4 is 15.4 Å². The third-order valence-electron chi connectivity index (χ3n) is 5.03. The van der Waals surface area contributed by atoms with Gasteiger partial charge in [-0.3, -0.25) is 9.59 Å². The van der Waals surface area contributed by atoms with Crippen molar-refractivity contribution in [1.82, 2.24) is 15.5 Å². The number of nitrogens with one attached hydrogen (secondary N) is 2. The predicted molar refractivity (Wildman–Crippen MR) is 128 cm³/mol. The fourth-order valence-electron chi connectivity index (χ4n) is 3.53. The van der Waals surface area contributed by atoms with E-state index in [1.54, 1.807) is 48.6 Å². The topological polar surface area (TPSA) is 106 Å². The summed E-state index contributed by atoms with van der Waals surface area (Å²) in [5, 5.41) is 10.2. The number of aromatic nitrogens is 2. The number of ether oxygens (including phenoxy) is 1. The molecule has 0 radical (unpaired) electrons. The van der Waals surface area contributed by atoms with Crippen LogP contribution in [0.15, 0.2) is 40.9 Å². The van der Waals surface area contributed by atoms with Crippen molar-refractivity contribution < 1.29 is 18.8 Å². The number of hydrogen-bond acceptors (Lipinski definition) is 7. The van der Waals surface area contributed by atoms with Crippen LogP contribution in [0.3, 0.4) is 0 Å². The van der Waals surface area contributed by atoms with E-state index in [1.807, 2.05) is 20.8 Å². The molecule has 0 aliphatic heterocycles. The molecule has 0 fully saturated rings. The van der Waals surface area contributed by atoms with Crippen LogP contribution in [0.1, 0.15) is 32.7 Å². The molecule has 1 aromatic carbocycles. The van der Waals surface area contributed by atoms with Gasteiger partial charge in [0.2, 0.25) is 0 Å². The summed E-state index contributed by atoms with van der Waals surface area (Å²) in [6.07, 6.45) is 0. The van der Waals surface area contributed by atoms with Crippen molar-refractivity contribution in [1.29, 1.82) is 0 Å². The molecule has 3 aromatic heterocycles. The number of likely N-dealkylation sites (N-methyl/N-ethyl adjacent to an activating group) is 1. The van der Waals surface area contributed by atoms with Gasteiger partial charge in [-0.1, -0.05) is 5.16 Å². The number of hydrogen-bond donors (Lipinski definition) is 2. The van der Waals surface area contributed by atoms with Gasteiger partial charge in [0.25, 0.3) is 17.5 Å². The standard InChI is InChI=1S/C24H24N4O4S/c1-5-25-21(29)12-31-17-8-6-16(7-9-17)26-23(30)19-11-20(18-10-13(2)33-15(18)4)27-24-22(19)14(3)28-32-24/h6-11H,5,12H2,1-4H3,(H,25,29)(H,26,30). The Morgan fingerprint density at radius 3 is 2.55 bits per heavy atom. The van der Waals surface area contributed by atoms with E-state index >= 15 is 0 Å². The van der Waals surface area contributed by atoms with E-state index in [9.17, 15) is 9.59 Å². The van der Waals surface area contributed by atoms with Crippen molar-refractivity contribution in [3.05, 3.63) is 57.4 Å². The molecular weight excluding hydrogens is 440 g/mol. The Morgan fingerprint density at radius 1 is 1.12 bits per heavy atom. The first-order valence-corrected chi connectivity index (χ1v) is 11.3. The number of carbonyl (C=O) groups excluding carboxylic acids is 2. The Morgan fingerprint density at radius 2 is 1.88 bits per heavy atom. The summed E-state index contributed by atoms with van der Waals surface area (Å²) < 4.78 is 10.8. The van der Waals surface area contributed by atoms with Gasteiger partial charge in [-0.15, -0.1) is 11.3 Å². The molecule has 4 rings (SSSR count). The second-order valence-electron chi connectivity index (χ2n) is 7.55. The zero-order valence-corrected chi connectivity index (χ0v) is 19.6. The minimum atomic E-state index is -0.296. The molecule has 0 saturated heterocycles. The third-order valence-corrected chi connectivity index (χ3v) is 6.00. The summed E-state index contributed by atoms with van der Waals surface area (Å²) in [5.41, 5.74) is 3.59. The molecule has 9 heteroatoms. The van der Waals surface area contributed by atoms with Gasteiger partial charge >= 0.3 is 0 Å². The van der Waals surface area contributed by atoms with Crippen molar-refractivity contribution in [3.63, 3.8) is 0 Å². The number of aryl methyl sites for hydroxylation is 3. The number of benzene rings is 1. The van der Waals surface area contributed by atoms with E-state index in [0.29, 0.717) is 46.0 Å². The molecular formula is C24H24N4O4S. The number of amides is 2. The lowest BCUT2D eigenvalue weighted by Crippen LogP contribution is -2.28. The minimum absolute atomic E-state index is 0.0639. The van der Waals surface area contributed by atoms with Crippen LogP contribution in [0.25, 0.3) is 22.4 Å². The van der Waals surface area contributed by atoms with E-state index in [1.165, 1.54) is 4.88 Å². The van der Waals surface area contributed by atoms with Crippen molar-refractivity contribution in [2.24, 2.45) is 0 Å². The summed E-state index contributed by atoms with van der Waals surface area (Å²) in [6.45, 7) is 8.18. The minimum Gasteiger partial charge on any atom is -0.484 e. The summed E-state index contributed by atoms with van der Waals surface area (Å²) in [6, 6.07) is 10.7. The summed E-state index contributed by atoms with van der Waals surface area (Å²) in [5.74, 6) is 0.0501. The molecule has 0 atom stereocenters. The molecule has 8 nitrogen and oxygen atoms in total. The smallest absolute Gasteiger partial charge is 0.259 e. The zero-order chi connectivity index (χ0) is 23.5. The molecule has 2 N–H and O–H groups in total. The van der Waals surface area contributed by atoms with Gasteiger partial charge < -0.3 is 19.9 Å². The molecule has 0 unspecified atom stereocenters. The number of pyridine rings is 1. The van der Waals surface area contributed by atoms with Gasteiger partial charge in [-0.2, -0.15) is 0 Å². The second kappa shape index (κ2) is 9.41. The van der Waals surface area contributed by atoms with Crippen LogP contribution in [-0.2, 0) is 4.79 Å². The highest BCUT2D eigenvalue weighted by atomic mass is 32.1. The van der Waals surface area contributed by atoms with Crippen LogP contribution >= 0.6 is 11.3 Å². The Labute approximate surface area is 195 Å². The van der Waals surface area contributed by atoms with E-state index in [0.717, 1.165) is 10.4 Å². The van der Waals surface area contributed by atoms with Crippen molar-refractivity contribution in [2.45, 2.75) is 27.7 Å². The molecule has 0 aliphatic rings. The van der Waals surface area contributed by atoms with Crippen LogP contribution in [0, 0.1) is 20.8 Å². The normalized spacial score (nSPS) is 10.9. The van der Waals surface area contributed by atoms with Crippen LogP contribution in [0.2, 0.25) is 0 Å². The monoisotopic (exact) mass is 464 g/mol. The average Bonchev–Trinajstić information content (AvgIpc) is 3.34. The molecule has 33 heavy (non-hydrogen) atoms. The Kier molecular flexibility index (Phi) is 6.41. The maximum atomic E-state index is 13.2. The lowest BCUT2D eigenvalue weighted by molar-refractivity contribution is -0.122. The van der Waals surface area contributed by atoms with E-state index in [4.69, 9.17) is 9.26 Å². The molecule has 0 aliphatic carbocycles. The van der Waals surface area contributed by atoms with Crippen LogP contribution in [0.4, 0.5) is 5.69 Å². The van der Waals surface area contributed by atoms with Gasteiger partial charge in [0.15, 0.2) is 6.61 Å². The van der Waals surface area contributed by atoms with Gasteiger partial charge in [-0.25, -0.2) is 4.98 Å². The van der Waals surface area contributed by atoms with E-state index in [-0.39, 0.29) is 18.4 Å². The van der Waals surface area contributed by atoms with Gasteiger partial charge in [0.05, 0.1) is 22.3 Å². The van der Waals surface area contributed by atoms with Crippen molar-refractivity contribution in [2.75, 3.05) is 18.5 Å². The highest BCUT2D eigenvalue weighted by Gasteiger charge is 2.20. The van der Waals surface area contributed by atoms with Crippen molar-refractivity contribution in [3.8, 4) is 17.0 Å². The molecule has 3 heterocycles. The van der Waals surface area contributed by atoms with Gasteiger partial charge in [0.1, 0.15) is 5.75 Å². The molecule has 0 bridgehead atoms. The first kappa shape index (κ1) is 22.5. The number of carbonyl (C=O) groups is 2. The first-order valence-electron chi connectivity index (χ1n) is 10.5. The molecule has 4 aromatic rings. The summed E-state index contributed by atoms with van der Waals surface area (Å²) in [4.78, 5) is 31.7. The second-order valence-corrected chi connectivity index (χ2v) is 9.01. The lowest BCUT2D eigenvalue weighted by atomic mass is 10.1. The van der Waals surface area contributed by atoms with Gasteiger partial charge in [0, 0.05) is 27.5 Å². The van der Waals surface area contributed by atoms with Crippen LogP contribution in [0.5, 0.6) is 5.75 Å². The van der Waals surface area contributed by atoms with Gasteiger partial charge in [-0.05, 0) is 64.1 Å². The third kappa shape index (κ3) is 4.88. The highest BCUT2D eigenvalue weighted by molar-refractivity contribution is 7.12. The summed E-state index contributed by atoms with van der Waals surface area (Å²) in [7, 11) is 0. The fourth-order valence-corrected chi connectivity index (χ4v) is 4.46. The number of rotatable bonds is 7. The predicted octanol–water partition coefficient (Wildman–Crippen LogP) is 4.64. The summed E-state index contributed by atoms with van der Waals surface area (Å²) >= 11 is 1.68. The zero-order valence-electron chi connectivity index (χ0n) is 18.8. The first-order chi connectivity index (χ1) is 15.9. The average molecular weight is 465 g/mol. The maximum Gasteiger partial charge on any atom is 0.259 e. The lowest BCUT2D eigenvalue weighted by Gasteiger charge is -2.10. The van der Waals surface area contributed by atoms with E-state index in [2.05, 4.69) is 26.8 Å². The quantitative estimate of drug-likeness (QED) is 0.413.